The monoisotopic (exact) mass is 434 g/mol. The average molecular weight is 434 g/mol. The van der Waals surface area contributed by atoms with E-state index in [1.165, 1.54) is 6.07 Å². The van der Waals surface area contributed by atoms with Crippen LogP contribution in [0.1, 0.15) is 60.2 Å². The zero-order valence-electron chi connectivity index (χ0n) is 17.4. The Bertz CT molecular complexity index is 1130. The minimum atomic E-state index is -3.03. The van der Waals surface area contributed by atoms with E-state index in [2.05, 4.69) is 10.3 Å². The molecule has 4 N–H and O–H groups in total. The maximum absolute atomic E-state index is 13.1. The molecule has 1 atom stereocenters. The highest BCUT2D eigenvalue weighted by molar-refractivity contribution is 5.93. The smallest absolute Gasteiger partial charge is 0.387 e. The molecule has 2 aliphatic rings. The number of H-pyrrole nitrogens is 1. The van der Waals surface area contributed by atoms with E-state index in [-0.39, 0.29) is 22.8 Å². The van der Waals surface area contributed by atoms with Crippen molar-refractivity contribution in [3.05, 3.63) is 38.7 Å². The van der Waals surface area contributed by atoms with Crippen LogP contribution >= 0.6 is 0 Å². The summed E-state index contributed by atoms with van der Waals surface area (Å²) < 4.78 is 31.0. The first-order valence-corrected chi connectivity index (χ1v) is 10.1. The van der Waals surface area contributed by atoms with Crippen molar-refractivity contribution in [1.82, 2.24) is 4.98 Å². The first kappa shape index (κ1) is 21.1. The van der Waals surface area contributed by atoms with E-state index in [0.717, 1.165) is 17.5 Å². The summed E-state index contributed by atoms with van der Waals surface area (Å²) in [7, 11) is 0. The standard InChI is InChI=1S/C22H24F2N2O5/c1-22(2,3)12-7-10-9-5-4-6-25-16(9)13(31-21(23)24)8-11(10)17-14(12)18(27)15(20(29)30)19(28)26-17/h8,12,21,25H,4-7H2,1-3H3,(H,29,30)(H2,26,27,28)/t12-/m1/s1. The maximum atomic E-state index is 13.1. The zero-order valence-corrected chi connectivity index (χ0v) is 17.4. The molecule has 4 rings (SSSR count). The van der Waals surface area contributed by atoms with Gasteiger partial charge in [0.1, 0.15) is 11.5 Å². The number of fused-ring (bicyclic) bond motifs is 5. The average Bonchev–Trinajstić information content (AvgIpc) is 2.66. The Morgan fingerprint density at radius 1 is 1.29 bits per heavy atom. The first-order chi connectivity index (χ1) is 14.5. The summed E-state index contributed by atoms with van der Waals surface area (Å²) in [6, 6.07) is 1.44. The lowest BCUT2D eigenvalue weighted by Gasteiger charge is -2.39. The van der Waals surface area contributed by atoms with Crippen molar-refractivity contribution in [3.63, 3.8) is 0 Å². The van der Waals surface area contributed by atoms with Crippen molar-refractivity contribution in [2.45, 2.75) is 52.6 Å². The van der Waals surface area contributed by atoms with E-state index in [1.54, 1.807) is 0 Å². The van der Waals surface area contributed by atoms with Gasteiger partial charge in [-0.15, -0.1) is 0 Å². The predicted molar refractivity (Wildman–Crippen MR) is 110 cm³/mol. The van der Waals surface area contributed by atoms with Crippen LogP contribution in [0.3, 0.4) is 0 Å². The molecule has 0 spiro atoms. The number of anilines is 1. The summed E-state index contributed by atoms with van der Waals surface area (Å²) in [6.45, 7) is 3.51. The molecule has 2 heterocycles. The lowest BCUT2D eigenvalue weighted by atomic mass is 9.67. The molecule has 1 aromatic carbocycles. The second-order valence-corrected chi connectivity index (χ2v) is 9.06. The minimum Gasteiger partial charge on any atom is -0.506 e. The summed E-state index contributed by atoms with van der Waals surface area (Å²) in [5.74, 6) is -2.45. The van der Waals surface area contributed by atoms with E-state index < -0.39 is 29.5 Å². The molecule has 1 aliphatic heterocycles. The molecular formula is C22H24F2N2O5. The van der Waals surface area contributed by atoms with Crippen LogP contribution in [0.5, 0.6) is 11.5 Å². The Morgan fingerprint density at radius 3 is 2.61 bits per heavy atom. The van der Waals surface area contributed by atoms with E-state index in [9.17, 15) is 28.6 Å². The van der Waals surface area contributed by atoms with E-state index in [1.807, 2.05) is 20.8 Å². The number of carboxylic acid groups (broad SMARTS) is 1. The molecule has 2 aromatic rings. The Kier molecular flexibility index (Phi) is 4.94. The number of pyridine rings is 1. The van der Waals surface area contributed by atoms with Crippen LogP contribution in [0.15, 0.2) is 10.9 Å². The molecule has 0 amide bonds. The number of hydrogen-bond acceptors (Lipinski definition) is 5. The van der Waals surface area contributed by atoms with Crippen molar-refractivity contribution < 1.29 is 28.5 Å². The highest BCUT2D eigenvalue weighted by atomic mass is 19.3. The number of hydrogen-bond donors (Lipinski definition) is 4. The fourth-order valence-corrected chi connectivity index (χ4v) is 4.75. The van der Waals surface area contributed by atoms with Crippen molar-refractivity contribution in [3.8, 4) is 22.8 Å². The molecule has 0 saturated carbocycles. The Labute approximate surface area is 177 Å². The number of aromatic nitrogens is 1. The molecule has 0 fully saturated rings. The summed E-state index contributed by atoms with van der Waals surface area (Å²) in [5, 5.41) is 23.4. The molecule has 1 aromatic heterocycles. The number of benzene rings is 1. The van der Waals surface area contributed by atoms with Crippen LogP contribution in [0, 0.1) is 5.41 Å². The highest BCUT2D eigenvalue weighted by Crippen LogP contribution is 2.53. The van der Waals surface area contributed by atoms with Gasteiger partial charge in [-0.25, -0.2) is 4.79 Å². The van der Waals surface area contributed by atoms with E-state index in [0.29, 0.717) is 36.2 Å². The summed E-state index contributed by atoms with van der Waals surface area (Å²) >= 11 is 0. The second-order valence-electron chi connectivity index (χ2n) is 9.06. The van der Waals surface area contributed by atoms with Gasteiger partial charge in [0.25, 0.3) is 5.56 Å². The van der Waals surface area contributed by atoms with Gasteiger partial charge >= 0.3 is 12.6 Å². The molecule has 9 heteroatoms. The number of alkyl halides is 2. The van der Waals surface area contributed by atoms with Crippen LogP contribution < -0.4 is 15.6 Å². The first-order valence-electron chi connectivity index (χ1n) is 10.1. The van der Waals surface area contributed by atoms with Gasteiger partial charge in [0.2, 0.25) is 0 Å². The minimum absolute atomic E-state index is 0.0359. The van der Waals surface area contributed by atoms with E-state index >= 15 is 0 Å². The summed E-state index contributed by atoms with van der Waals surface area (Å²) in [4.78, 5) is 26.7. The van der Waals surface area contributed by atoms with Crippen molar-refractivity contribution >= 4 is 11.7 Å². The Hall–Kier alpha value is -3.10. The number of halogens is 2. The predicted octanol–water partition coefficient (Wildman–Crippen LogP) is 4.09. The number of nitrogens with one attached hydrogen (secondary N) is 2. The third kappa shape index (κ3) is 3.41. The molecule has 0 bridgehead atoms. The Balaban J connectivity index is 2.08. The quantitative estimate of drug-likeness (QED) is 0.579. The summed E-state index contributed by atoms with van der Waals surface area (Å²) in [5.41, 5.74) is 1.23. The lowest BCUT2D eigenvalue weighted by Crippen LogP contribution is -2.30. The number of rotatable bonds is 3. The number of aromatic amines is 1. The largest absolute Gasteiger partial charge is 0.506 e. The molecule has 166 valence electrons. The molecule has 0 unspecified atom stereocenters. The normalized spacial score (nSPS) is 17.4. The summed E-state index contributed by atoms with van der Waals surface area (Å²) in [6.07, 6.45) is 1.93. The number of aromatic carboxylic acids is 1. The van der Waals surface area contributed by atoms with Crippen molar-refractivity contribution in [1.29, 1.82) is 0 Å². The topological polar surface area (TPSA) is 112 Å². The number of carbonyl (C=O) groups is 1. The van der Waals surface area contributed by atoms with Gasteiger partial charge in [0.05, 0.1) is 11.4 Å². The van der Waals surface area contributed by atoms with E-state index in [4.69, 9.17) is 4.74 Å². The van der Waals surface area contributed by atoms with Crippen LogP contribution in [-0.2, 0) is 12.8 Å². The molecule has 7 nitrogen and oxygen atoms in total. The number of ether oxygens (including phenoxy) is 1. The van der Waals surface area contributed by atoms with Gasteiger partial charge in [-0.3, -0.25) is 4.79 Å². The number of carboxylic acids is 1. The van der Waals surface area contributed by atoms with Gasteiger partial charge in [-0.2, -0.15) is 8.78 Å². The molecular weight excluding hydrogens is 410 g/mol. The molecule has 0 radical (unpaired) electrons. The fourth-order valence-electron chi connectivity index (χ4n) is 4.75. The van der Waals surface area contributed by atoms with Gasteiger partial charge in [0, 0.05) is 17.7 Å². The molecule has 0 saturated heterocycles. The Morgan fingerprint density at radius 2 is 2.00 bits per heavy atom. The maximum Gasteiger partial charge on any atom is 0.387 e. The van der Waals surface area contributed by atoms with Gasteiger partial charge in [-0.05, 0) is 47.8 Å². The van der Waals surface area contributed by atoms with Crippen molar-refractivity contribution in [2.24, 2.45) is 5.41 Å². The highest BCUT2D eigenvalue weighted by Gasteiger charge is 2.40. The van der Waals surface area contributed by atoms with Gasteiger partial charge < -0.3 is 25.3 Å². The molecule has 31 heavy (non-hydrogen) atoms. The SMILES string of the molecule is CC(C)(C)[C@@H]1Cc2c(cc(OC(F)F)c3c2CCCN3)-c2[nH]c(=O)c(C(=O)O)c(O)c21. The van der Waals surface area contributed by atoms with Crippen LogP contribution in [0.4, 0.5) is 14.5 Å². The van der Waals surface area contributed by atoms with Crippen LogP contribution in [0.25, 0.3) is 11.3 Å². The fraction of sp³-hybridized carbons (Fsp3) is 0.455. The number of aromatic hydroxyl groups is 1. The van der Waals surface area contributed by atoms with Gasteiger partial charge in [0.15, 0.2) is 5.56 Å². The second kappa shape index (κ2) is 7.25. The van der Waals surface area contributed by atoms with Crippen molar-refractivity contribution in [2.75, 3.05) is 11.9 Å². The third-order valence-electron chi connectivity index (χ3n) is 6.15. The lowest BCUT2D eigenvalue weighted by molar-refractivity contribution is -0.0494. The van der Waals surface area contributed by atoms with Crippen LogP contribution in [-0.4, -0.2) is 34.3 Å². The zero-order chi connectivity index (χ0) is 22.7. The third-order valence-corrected chi connectivity index (χ3v) is 6.15. The van der Waals surface area contributed by atoms with Gasteiger partial charge in [-0.1, -0.05) is 20.8 Å². The van der Waals surface area contributed by atoms with Crippen LogP contribution in [0.2, 0.25) is 0 Å². The molecule has 1 aliphatic carbocycles.